The molecule has 0 bridgehead atoms. The van der Waals surface area contributed by atoms with Gasteiger partial charge in [-0.05, 0) is 74.5 Å². The fourth-order valence-corrected chi connectivity index (χ4v) is 4.98. The van der Waals surface area contributed by atoms with E-state index in [4.69, 9.17) is 16.1 Å². The van der Waals surface area contributed by atoms with Crippen LogP contribution in [0.3, 0.4) is 0 Å². The van der Waals surface area contributed by atoms with Crippen LogP contribution in [-0.4, -0.2) is 32.1 Å². The Bertz CT molecular complexity index is 1370. The molecule has 0 aliphatic rings. The van der Waals surface area contributed by atoms with Crippen molar-refractivity contribution in [3.05, 3.63) is 88.8 Å². The van der Waals surface area contributed by atoms with Crippen molar-refractivity contribution in [2.45, 2.75) is 24.3 Å². The molecule has 33 heavy (non-hydrogen) atoms. The molecule has 172 valence electrons. The molecule has 0 aliphatic heterocycles. The molecule has 0 fully saturated rings. The predicted molar refractivity (Wildman–Crippen MR) is 127 cm³/mol. The van der Waals surface area contributed by atoms with Crippen LogP contribution in [0.25, 0.3) is 11.0 Å². The van der Waals surface area contributed by atoms with Crippen molar-refractivity contribution in [3.8, 4) is 0 Å². The van der Waals surface area contributed by atoms with Crippen LogP contribution in [0, 0.1) is 5.82 Å². The zero-order valence-electron chi connectivity index (χ0n) is 18.0. The first kappa shape index (κ1) is 23.2. The fraction of sp³-hybridized carbons (Fsp3) is 0.208. The summed E-state index contributed by atoms with van der Waals surface area (Å²) in [5, 5.41) is 5.25. The van der Waals surface area contributed by atoms with Crippen molar-refractivity contribution in [1.82, 2.24) is 10.1 Å². The van der Waals surface area contributed by atoms with E-state index in [-0.39, 0.29) is 10.7 Å². The number of aryl methyl sites for hydroxylation is 1. The van der Waals surface area contributed by atoms with E-state index in [9.17, 15) is 12.8 Å². The normalized spacial score (nSPS) is 11.9. The maximum absolute atomic E-state index is 13.3. The highest BCUT2D eigenvalue weighted by atomic mass is 35.5. The summed E-state index contributed by atoms with van der Waals surface area (Å²) in [4.78, 5) is 2.26. The number of hydrogen-bond donors (Lipinski definition) is 1. The minimum atomic E-state index is -3.73. The molecule has 1 aromatic heterocycles. The summed E-state index contributed by atoms with van der Waals surface area (Å²) in [5.74, 6) is -0.345. The maximum Gasteiger partial charge on any atom is 0.261 e. The van der Waals surface area contributed by atoms with E-state index in [0.29, 0.717) is 29.3 Å². The fourth-order valence-electron chi connectivity index (χ4n) is 3.63. The number of nitrogens with one attached hydrogen (secondary N) is 1. The average Bonchev–Trinajstić information content (AvgIpc) is 3.15. The lowest BCUT2D eigenvalue weighted by molar-refractivity contribution is 0.320. The minimum Gasteiger partial charge on any atom is -0.356 e. The van der Waals surface area contributed by atoms with Gasteiger partial charge in [-0.2, -0.15) is 0 Å². The molecule has 0 radical (unpaired) electrons. The standard InChI is InChI=1S/C24H23ClFN3O3S/c1-29(12-4-9-23-22-11-10-19(26)15-24(22)32-27-23)16-17-5-2-7-20(13-17)28-33(30,31)21-8-3-6-18(25)14-21/h2-3,5-8,10-11,13-15,28H,4,9,12,16H2,1H3. The van der Waals surface area contributed by atoms with Crippen LogP contribution < -0.4 is 4.72 Å². The van der Waals surface area contributed by atoms with Gasteiger partial charge < -0.3 is 9.42 Å². The topological polar surface area (TPSA) is 75.4 Å². The lowest BCUT2D eigenvalue weighted by atomic mass is 10.1. The monoisotopic (exact) mass is 487 g/mol. The number of rotatable bonds is 9. The molecule has 1 heterocycles. The zero-order valence-corrected chi connectivity index (χ0v) is 19.5. The molecule has 0 saturated heterocycles. The average molecular weight is 488 g/mol. The van der Waals surface area contributed by atoms with Crippen molar-refractivity contribution in [1.29, 1.82) is 0 Å². The molecule has 0 unspecified atom stereocenters. The van der Waals surface area contributed by atoms with Crippen molar-refractivity contribution in [2.24, 2.45) is 0 Å². The van der Waals surface area contributed by atoms with E-state index >= 15 is 0 Å². The Balaban J connectivity index is 1.34. The molecular formula is C24H23ClFN3O3S. The molecule has 4 aromatic rings. The Morgan fingerprint density at radius 3 is 2.73 bits per heavy atom. The van der Waals surface area contributed by atoms with Crippen LogP contribution in [0.15, 0.2) is 76.1 Å². The van der Waals surface area contributed by atoms with Gasteiger partial charge in [0.1, 0.15) is 5.82 Å². The van der Waals surface area contributed by atoms with Gasteiger partial charge in [0.05, 0.1) is 10.6 Å². The summed E-state index contributed by atoms with van der Waals surface area (Å²) in [5.41, 5.74) is 2.74. The lowest BCUT2D eigenvalue weighted by Gasteiger charge is -2.17. The molecule has 0 atom stereocenters. The van der Waals surface area contributed by atoms with Gasteiger partial charge in [-0.1, -0.05) is 35.0 Å². The Labute approximate surface area is 197 Å². The maximum atomic E-state index is 13.3. The summed E-state index contributed by atoms with van der Waals surface area (Å²) in [6, 6.07) is 17.9. The summed E-state index contributed by atoms with van der Waals surface area (Å²) >= 11 is 5.92. The van der Waals surface area contributed by atoms with Gasteiger partial charge in [0, 0.05) is 28.7 Å². The van der Waals surface area contributed by atoms with E-state index < -0.39 is 10.0 Å². The number of hydrogen-bond acceptors (Lipinski definition) is 5. The molecule has 0 amide bonds. The Kier molecular flexibility index (Phi) is 6.97. The van der Waals surface area contributed by atoms with Gasteiger partial charge in [0.2, 0.25) is 0 Å². The van der Waals surface area contributed by atoms with Crippen molar-refractivity contribution in [3.63, 3.8) is 0 Å². The Hall–Kier alpha value is -2.94. The van der Waals surface area contributed by atoms with Crippen LogP contribution in [0.1, 0.15) is 17.7 Å². The second kappa shape index (κ2) is 9.91. The third-order valence-corrected chi connectivity index (χ3v) is 6.81. The quantitative estimate of drug-likeness (QED) is 0.338. The van der Waals surface area contributed by atoms with Crippen LogP contribution in [0.2, 0.25) is 5.02 Å². The van der Waals surface area contributed by atoms with Crippen LogP contribution in [0.5, 0.6) is 0 Å². The second-order valence-corrected chi connectivity index (χ2v) is 9.99. The number of fused-ring (bicyclic) bond motifs is 1. The Morgan fingerprint density at radius 1 is 1.09 bits per heavy atom. The van der Waals surface area contributed by atoms with E-state index in [1.807, 2.05) is 25.2 Å². The van der Waals surface area contributed by atoms with Crippen molar-refractivity contribution < 1.29 is 17.3 Å². The second-order valence-electron chi connectivity index (χ2n) is 7.87. The highest BCUT2D eigenvalue weighted by Crippen LogP contribution is 2.22. The lowest BCUT2D eigenvalue weighted by Crippen LogP contribution is -2.20. The van der Waals surface area contributed by atoms with Gasteiger partial charge >= 0.3 is 0 Å². The van der Waals surface area contributed by atoms with Gasteiger partial charge in [0.15, 0.2) is 5.58 Å². The molecule has 0 saturated carbocycles. The molecule has 4 rings (SSSR count). The summed E-state index contributed by atoms with van der Waals surface area (Å²) in [6.07, 6.45) is 1.55. The van der Waals surface area contributed by atoms with Gasteiger partial charge in [-0.3, -0.25) is 4.72 Å². The van der Waals surface area contributed by atoms with Crippen molar-refractivity contribution >= 4 is 38.3 Å². The molecule has 0 spiro atoms. The molecule has 1 N–H and O–H groups in total. The third-order valence-electron chi connectivity index (χ3n) is 5.20. The number of anilines is 1. The SMILES string of the molecule is CN(CCCc1noc2cc(F)ccc12)Cc1cccc(NS(=O)(=O)c2cccc(Cl)c2)c1. The smallest absolute Gasteiger partial charge is 0.261 e. The van der Waals surface area contributed by atoms with E-state index in [1.165, 1.54) is 24.3 Å². The predicted octanol–water partition coefficient (Wildman–Crippen LogP) is 5.49. The first-order chi connectivity index (χ1) is 15.8. The molecule has 9 heteroatoms. The summed E-state index contributed by atoms with van der Waals surface area (Å²) in [7, 11) is -1.73. The zero-order chi connectivity index (χ0) is 23.4. The van der Waals surface area contributed by atoms with Crippen LogP contribution >= 0.6 is 11.6 Å². The molecule has 3 aromatic carbocycles. The third kappa shape index (κ3) is 5.90. The minimum absolute atomic E-state index is 0.112. The van der Waals surface area contributed by atoms with Gasteiger partial charge in [-0.25, -0.2) is 12.8 Å². The number of halogens is 2. The largest absolute Gasteiger partial charge is 0.356 e. The number of sulfonamides is 1. The summed E-state index contributed by atoms with van der Waals surface area (Å²) in [6.45, 7) is 1.45. The highest BCUT2D eigenvalue weighted by molar-refractivity contribution is 7.92. The first-order valence-electron chi connectivity index (χ1n) is 10.4. The van der Waals surface area contributed by atoms with E-state index in [0.717, 1.165) is 29.6 Å². The van der Waals surface area contributed by atoms with Crippen LogP contribution in [-0.2, 0) is 23.0 Å². The number of benzene rings is 3. The summed E-state index contributed by atoms with van der Waals surface area (Å²) < 4.78 is 46.4. The van der Waals surface area contributed by atoms with E-state index in [1.54, 1.807) is 24.3 Å². The first-order valence-corrected chi connectivity index (χ1v) is 12.3. The van der Waals surface area contributed by atoms with Gasteiger partial charge in [0.25, 0.3) is 10.0 Å². The van der Waals surface area contributed by atoms with Gasteiger partial charge in [-0.15, -0.1) is 0 Å². The van der Waals surface area contributed by atoms with E-state index in [2.05, 4.69) is 14.8 Å². The molecule has 0 aliphatic carbocycles. The molecular weight excluding hydrogens is 465 g/mol. The number of nitrogens with zero attached hydrogens (tertiary/aromatic N) is 2. The van der Waals surface area contributed by atoms with Crippen LogP contribution in [0.4, 0.5) is 10.1 Å². The highest BCUT2D eigenvalue weighted by Gasteiger charge is 2.15. The number of aromatic nitrogens is 1. The Morgan fingerprint density at radius 2 is 1.91 bits per heavy atom. The molecule has 6 nitrogen and oxygen atoms in total. The van der Waals surface area contributed by atoms with Crippen molar-refractivity contribution in [2.75, 3.05) is 18.3 Å².